The monoisotopic (exact) mass is 1030 g/mol. The van der Waals surface area contributed by atoms with Crippen molar-refractivity contribution in [3.8, 4) is 0 Å². The molecule has 0 nitrogen and oxygen atoms in total. The summed E-state index contributed by atoms with van der Waals surface area (Å²) in [5.74, 6) is 3.54. The van der Waals surface area contributed by atoms with Crippen molar-refractivity contribution < 1.29 is 0 Å². The van der Waals surface area contributed by atoms with Gasteiger partial charge < -0.3 is 0 Å². The molecule has 5 heterocycles. The minimum absolute atomic E-state index is 0.0443. The van der Waals surface area contributed by atoms with E-state index in [1.165, 1.54) is 74.7 Å². The van der Waals surface area contributed by atoms with Gasteiger partial charge in [0.25, 0.3) is 0 Å². The van der Waals surface area contributed by atoms with E-state index < -0.39 is 0 Å². The Bertz CT molecular complexity index is 1200. The van der Waals surface area contributed by atoms with Crippen LogP contribution >= 0.6 is 138 Å². The molecule has 8 bridgehead atoms. The van der Waals surface area contributed by atoms with Gasteiger partial charge in [-0.2, -0.15) is 0 Å². The Balaban J connectivity index is 1.78. The van der Waals surface area contributed by atoms with Crippen LogP contribution in [-0.2, 0) is 47.0 Å². The van der Waals surface area contributed by atoms with Crippen molar-refractivity contribution in [3.05, 3.63) is 44.5 Å². The number of thiophene rings is 4. The first-order chi connectivity index (χ1) is 19.5. The summed E-state index contributed by atoms with van der Waals surface area (Å²) < 4.78 is 10.6. The number of rotatable bonds is 8. The van der Waals surface area contributed by atoms with Gasteiger partial charge in [-0.3, -0.25) is 0 Å². The molecule has 0 N–H and O–H groups in total. The van der Waals surface area contributed by atoms with E-state index in [9.17, 15) is 0 Å². The third kappa shape index (κ3) is 6.77. The second kappa shape index (κ2) is 15.9. The van der Waals surface area contributed by atoms with Crippen molar-refractivity contribution in [1.29, 1.82) is 0 Å². The van der Waals surface area contributed by atoms with Gasteiger partial charge in [0.05, 0.1) is 0 Å². The molecular formula is C24H16Cl8S4Se4. The van der Waals surface area contributed by atoms with Crippen LogP contribution < -0.4 is 30.2 Å². The van der Waals surface area contributed by atoms with Crippen LogP contribution in [0, 0.1) is 0 Å². The summed E-state index contributed by atoms with van der Waals surface area (Å²) in [6.07, 6.45) is 0. The first-order valence-corrected chi connectivity index (χ1v) is 25.6. The van der Waals surface area contributed by atoms with Gasteiger partial charge in [-0.25, -0.2) is 0 Å². The molecule has 0 saturated carbocycles. The molecule has 0 radical (unpaired) electrons. The average molecular weight is 1030 g/mol. The Hall–Kier alpha value is 3.20. The molecule has 216 valence electrons. The molecule has 4 aromatic heterocycles. The van der Waals surface area contributed by atoms with Gasteiger partial charge in [-0.05, 0) is 0 Å². The van der Waals surface area contributed by atoms with E-state index in [2.05, 4.69) is 0 Å². The average Bonchev–Trinajstić information content (AvgIpc) is 3.67. The fraction of sp³-hybridized carbons (Fsp3) is 0.333. The fourth-order valence-corrected chi connectivity index (χ4v) is 32.7. The van der Waals surface area contributed by atoms with Gasteiger partial charge in [0.2, 0.25) is 0 Å². The molecule has 4 aromatic rings. The standard InChI is InChI=1S/C24H16Cl8S4Se4/c25-1-9-10(2-26)18-33-17(9)37-19-11(3-27)12(4-28)21(34-19)39-23-15(7-31)16(8-32)24(36-23)40-22-14(6-30)13(5-29)20(35-22)38-18/h1-8H2. The Morgan fingerprint density at radius 2 is 0.400 bits per heavy atom. The van der Waals surface area contributed by atoms with Gasteiger partial charge in [-0.15, -0.1) is 0 Å². The molecule has 0 spiro atoms. The van der Waals surface area contributed by atoms with Crippen LogP contribution in [0.2, 0.25) is 0 Å². The number of fused-ring (bicyclic) bond motifs is 8. The predicted molar refractivity (Wildman–Crippen MR) is 194 cm³/mol. The molecule has 0 unspecified atom stereocenters. The topological polar surface area (TPSA) is 0 Å². The van der Waals surface area contributed by atoms with E-state index in [0.29, 0.717) is 47.0 Å². The molecule has 0 atom stereocenters. The number of halogens is 8. The molecule has 0 fully saturated rings. The molecule has 0 amide bonds. The van der Waals surface area contributed by atoms with Crippen molar-refractivity contribution in [2.24, 2.45) is 0 Å². The van der Waals surface area contributed by atoms with Gasteiger partial charge in [-0.1, -0.05) is 0 Å². The van der Waals surface area contributed by atoms with Crippen molar-refractivity contribution in [3.63, 3.8) is 0 Å². The first-order valence-electron chi connectivity index (χ1n) is 11.2. The first kappa shape index (κ1) is 34.5. The SMILES string of the molecule is ClCc1c2sc(c1CCl)[Se]c1sc(c(CCl)c1CCl)[Se]c1sc(c(CCl)c1CCl)[Se]c1sc(c(CCl)c1CCl)[Se]2. The third-order valence-electron chi connectivity index (χ3n) is 5.98. The van der Waals surface area contributed by atoms with E-state index in [4.69, 9.17) is 92.8 Å². The number of hydrogen-bond acceptors (Lipinski definition) is 4. The Morgan fingerprint density at radius 3 is 0.500 bits per heavy atom. The number of alkyl halides is 8. The summed E-state index contributed by atoms with van der Waals surface area (Å²) in [6.45, 7) is 0. The van der Waals surface area contributed by atoms with Gasteiger partial charge in [0, 0.05) is 0 Å². The quantitative estimate of drug-likeness (QED) is 0.156. The van der Waals surface area contributed by atoms with E-state index in [1.54, 1.807) is 0 Å². The van der Waals surface area contributed by atoms with Crippen LogP contribution in [0.15, 0.2) is 0 Å². The minimum atomic E-state index is 0.0443. The van der Waals surface area contributed by atoms with Crippen LogP contribution in [0.5, 0.6) is 0 Å². The van der Waals surface area contributed by atoms with Crippen LogP contribution in [-0.4, -0.2) is 59.8 Å². The summed E-state index contributed by atoms with van der Waals surface area (Å²) in [5, 5.41) is 0. The van der Waals surface area contributed by atoms with Crippen molar-refractivity contribution >= 4 is 228 Å². The maximum atomic E-state index is 6.58. The zero-order chi connectivity index (χ0) is 28.6. The summed E-state index contributed by atoms with van der Waals surface area (Å²) in [4.78, 5) is 0. The fourth-order valence-electron chi connectivity index (χ4n) is 3.89. The third-order valence-corrected chi connectivity index (χ3v) is 26.5. The van der Waals surface area contributed by atoms with Gasteiger partial charge in [0.1, 0.15) is 0 Å². The molecule has 0 aromatic carbocycles. The second-order valence-electron chi connectivity index (χ2n) is 8.01. The van der Waals surface area contributed by atoms with Gasteiger partial charge in [0.15, 0.2) is 0 Å². The summed E-state index contributed by atoms with van der Waals surface area (Å²) in [7, 11) is 0. The molecular weight excluding hydrogens is 1020 g/mol. The summed E-state index contributed by atoms with van der Waals surface area (Å²) >= 11 is 60.3. The zero-order valence-corrected chi connectivity index (χ0v) is 36.1. The van der Waals surface area contributed by atoms with Crippen LogP contribution in [0.3, 0.4) is 0 Å². The van der Waals surface area contributed by atoms with E-state index in [-0.39, 0.29) is 59.8 Å². The molecule has 1 aliphatic rings. The molecule has 5 rings (SSSR count). The van der Waals surface area contributed by atoms with E-state index in [0.717, 1.165) is 0 Å². The van der Waals surface area contributed by atoms with Crippen LogP contribution in [0.25, 0.3) is 0 Å². The van der Waals surface area contributed by atoms with Crippen molar-refractivity contribution in [2.45, 2.75) is 47.0 Å². The van der Waals surface area contributed by atoms with E-state index >= 15 is 0 Å². The van der Waals surface area contributed by atoms with Gasteiger partial charge >= 0.3 is 320 Å². The molecule has 1 aliphatic heterocycles. The Labute approximate surface area is 315 Å². The van der Waals surface area contributed by atoms with Crippen LogP contribution in [0.1, 0.15) is 44.5 Å². The summed E-state index contributed by atoms with van der Waals surface area (Å²) in [5.41, 5.74) is 9.45. The molecule has 16 heteroatoms. The normalized spacial score (nSPS) is 13.4. The molecule has 40 heavy (non-hydrogen) atoms. The Morgan fingerprint density at radius 1 is 0.275 bits per heavy atom. The predicted octanol–water partition coefficient (Wildman–Crippen LogP) is 4.78. The molecule has 0 saturated heterocycles. The van der Waals surface area contributed by atoms with E-state index in [1.807, 2.05) is 45.3 Å². The van der Waals surface area contributed by atoms with Crippen molar-refractivity contribution in [2.75, 3.05) is 0 Å². The number of hydrogen-bond donors (Lipinski definition) is 0. The molecule has 0 aliphatic carbocycles. The van der Waals surface area contributed by atoms with Crippen LogP contribution in [0.4, 0.5) is 0 Å². The summed E-state index contributed by atoms with van der Waals surface area (Å²) in [6, 6.07) is 0. The second-order valence-corrected chi connectivity index (χ2v) is 27.5. The van der Waals surface area contributed by atoms with Crippen molar-refractivity contribution in [1.82, 2.24) is 0 Å². The Kier molecular flexibility index (Phi) is 13.7. The zero-order valence-electron chi connectivity index (χ0n) is 19.9. The maximum absolute atomic E-state index is 6.58.